The van der Waals surface area contributed by atoms with Crippen molar-refractivity contribution in [1.82, 2.24) is 5.32 Å². The van der Waals surface area contributed by atoms with Crippen molar-refractivity contribution in [1.29, 1.82) is 0 Å². The molecule has 0 radical (unpaired) electrons. The molecule has 1 aromatic rings. The fourth-order valence-corrected chi connectivity index (χ4v) is 1.82. The third kappa shape index (κ3) is 4.56. The van der Waals surface area contributed by atoms with Crippen LogP contribution in [0.2, 0.25) is 0 Å². The Morgan fingerprint density at radius 3 is 2.68 bits per heavy atom. The van der Waals surface area contributed by atoms with E-state index in [1.807, 2.05) is 25.1 Å². The first-order chi connectivity index (χ1) is 8.95. The SMILES string of the molecule is CCCNC(C)c1ccc(C)cc1OC(C)C(N)=O. The molecule has 1 amide bonds. The lowest BCUT2D eigenvalue weighted by Gasteiger charge is -2.20. The predicted molar refractivity (Wildman–Crippen MR) is 77.2 cm³/mol. The maximum atomic E-state index is 11.1. The average molecular weight is 264 g/mol. The third-order valence-electron chi connectivity index (χ3n) is 3.04. The van der Waals surface area contributed by atoms with Gasteiger partial charge in [-0.05, 0) is 45.4 Å². The summed E-state index contributed by atoms with van der Waals surface area (Å²) in [6, 6.07) is 6.20. The minimum Gasteiger partial charge on any atom is -0.481 e. The Balaban J connectivity index is 2.93. The first-order valence-electron chi connectivity index (χ1n) is 6.75. The lowest BCUT2D eigenvalue weighted by Crippen LogP contribution is -2.31. The first-order valence-corrected chi connectivity index (χ1v) is 6.75. The number of primary amides is 1. The summed E-state index contributed by atoms with van der Waals surface area (Å²) in [6.07, 6.45) is 0.447. The summed E-state index contributed by atoms with van der Waals surface area (Å²) in [5, 5.41) is 3.41. The van der Waals surface area contributed by atoms with Gasteiger partial charge >= 0.3 is 0 Å². The molecule has 0 aromatic heterocycles. The van der Waals surface area contributed by atoms with E-state index in [1.165, 1.54) is 0 Å². The predicted octanol–water partition coefficient (Wildman–Crippen LogP) is 2.31. The molecule has 0 bridgehead atoms. The zero-order chi connectivity index (χ0) is 14.4. The van der Waals surface area contributed by atoms with E-state index < -0.39 is 12.0 Å². The van der Waals surface area contributed by atoms with E-state index in [2.05, 4.69) is 19.2 Å². The van der Waals surface area contributed by atoms with Gasteiger partial charge in [0.15, 0.2) is 6.10 Å². The van der Waals surface area contributed by atoms with Crippen LogP contribution in [0.3, 0.4) is 0 Å². The largest absolute Gasteiger partial charge is 0.481 e. The van der Waals surface area contributed by atoms with Crippen LogP contribution in [0.25, 0.3) is 0 Å². The summed E-state index contributed by atoms with van der Waals surface area (Å²) in [5.74, 6) is 0.268. The van der Waals surface area contributed by atoms with E-state index in [9.17, 15) is 4.79 Å². The fourth-order valence-electron chi connectivity index (χ4n) is 1.82. The second kappa shape index (κ2) is 7.14. The van der Waals surface area contributed by atoms with Crippen LogP contribution in [0.4, 0.5) is 0 Å². The van der Waals surface area contributed by atoms with Crippen LogP contribution in [0.15, 0.2) is 18.2 Å². The van der Waals surface area contributed by atoms with Gasteiger partial charge in [-0.25, -0.2) is 0 Å². The topological polar surface area (TPSA) is 64.3 Å². The van der Waals surface area contributed by atoms with Crippen LogP contribution < -0.4 is 15.8 Å². The van der Waals surface area contributed by atoms with Crippen molar-refractivity contribution >= 4 is 5.91 Å². The first kappa shape index (κ1) is 15.5. The number of hydrogen-bond donors (Lipinski definition) is 2. The summed E-state index contributed by atoms with van der Waals surface area (Å²) >= 11 is 0. The third-order valence-corrected chi connectivity index (χ3v) is 3.04. The van der Waals surface area contributed by atoms with Crippen molar-refractivity contribution in [3.05, 3.63) is 29.3 Å². The van der Waals surface area contributed by atoms with E-state index in [0.29, 0.717) is 0 Å². The Hall–Kier alpha value is -1.55. The van der Waals surface area contributed by atoms with Gasteiger partial charge in [-0.15, -0.1) is 0 Å². The minimum absolute atomic E-state index is 0.177. The Morgan fingerprint density at radius 1 is 1.42 bits per heavy atom. The Morgan fingerprint density at radius 2 is 2.11 bits per heavy atom. The molecule has 3 N–H and O–H groups in total. The second-order valence-corrected chi connectivity index (χ2v) is 4.88. The van der Waals surface area contributed by atoms with Crippen LogP contribution >= 0.6 is 0 Å². The summed E-state index contributed by atoms with van der Waals surface area (Å²) in [7, 11) is 0. The van der Waals surface area contributed by atoms with Gasteiger partial charge in [0.1, 0.15) is 5.75 Å². The van der Waals surface area contributed by atoms with Gasteiger partial charge in [0, 0.05) is 11.6 Å². The molecule has 1 aromatic carbocycles. The van der Waals surface area contributed by atoms with Crippen LogP contribution in [0, 0.1) is 6.92 Å². The highest BCUT2D eigenvalue weighted by molar-refractivity contribution is 5.78. The number of rotatable bonds is 7. The minimum atomic E-state index is -0.626. The van der Waals surface area contributed by atoms with Crippen molar-refractivity contribution in [2.75, 3.05) is 6.54 Å². The maximum absolute atomic E-state index is 11.1. The van der Waals surface area contributed by atoms with E-state index in [1.54, 1.807) is 6.92 Å². The molecule has 1 rings (SSSR count). The fraction of sp³-hybridized carbons (Fsp3) is 0.533. The number of benzene rings is 1. The summed E-state index contributed by atoms with van der Waals surface area (Å²) in [5.41, 5.74) is 7.39. The molecule has 0 aliphatic rings. The second-order valence-electron chi connectivity index (χ2n) is 4.88. The van der Waals surface area contributed by atoms with Crippen molar-refractivity contribution < 1.29 is 9.53 Å². The highest BCUT2D eigenvalue weighted by Crippen LogP contribution is 2.27. The zero-order valence-electron chi connectivity index (χ0n) is 12.2. The highest BCUT2D eigenvalue weighted by atomic mass is 16.5. The molecule has 0 saturated carbocycles. The number of carbonyl (C=O) groups excluding carboxylic acids is 1. The molecule has 2 atom stereocenters. The standard InChI is InChI=1S/C15H24N2O2/c1-5-8-17-11(3)13-7-6-10(2)9-14(13)19-12(4)15(16)18/h6-7,9,11-12,17H,5,8H2,1-4H3,(H2,16,18). The lowest BCUT2D eigenvalue weighted by molar-refractivity contribution is -0.124. The van der Waals surface area contributed by atoms with Crippen molar-refractivity contribution in [3.63, 3.8) is 0 Å². The molecule has 0 fully saturated rings. The monoisotopic (exact) mass is 264 g/mol. The van der Waals surface area contributed by atoms with Crippen molar-refractivity contribution in [2.24, 2.45) is 5.73 Å². The summed E-state index contributed by atoms with van der Waals surface area (Å²) in [6.45, 7) is 8.82. The molecule has 0 heterocycles. The number of ether oxygens (including phenoxy) is 1. The van der Waals surface area contributed by atoms with Crippen molar-refractivity contribution in [3.8, 4) is 5.75 Å². The number of carbonyl (C=O) groups is 1. The molecule has 0 saturated heterocycles. The van der Waals surface area contributed by atoms with E-state index in [-0.39, 0.29) is 6.04 Å². The van der Waals surface area contributed by atoms with Crippen LogP contribution in [0.1, 0.15) is 44.4 Å². The molecular weight excluding hydrogens is 240 g/mol. The molecule has 4 nitrogen and oxygen atoms in total. The molecule has 106 valence electrons. The summed E-state index contributed by atoms with van der Waals surface area (Å²) in [4.78, 5) is 11.1. The Bertz CT molecular complexity index is 432. The Kier molecular flexibility index (Phi) is 5.83. The van der Waals surface area contributed by atoms with E-state index >= 15 is 0 Å². The van der Waals surface area contributed by atoms with Gasteiger partial charge in [0.2, 0.25) is 0 Å². The molecule has 19 heavy (non-hydrogen) atoms. The van der Waals surface area contributed by atoms with Crippen LogP contribution in [-0.2, 0) is 4.79 Å². The van der Waals surface area contributed by atoms with Gasteiger partial charge in [0.25, 0.3) is 5.91 Å². The molecule has 0 aliphatic carbocycles. The van der Waals surface area contributed by atoms with E-state index in [0.717, 1.165) is 29.8 Å². The highest BCUT2D eigenvalue weighted by Gasteiger charge is 2.16. The lowest BCUT2D eigenvalue weighted by atomic mass is 10.0. The normalized spacial score (nSPS) is 13.9. The number of nitrogens with one attached hydrogen (secondary N) is 1. The smallest absolute Gasteiger partial charge is 0.258 e. The van der Waals surface area contributed by atoms with Gasteiger partial charge in [-0.2, -0.15) is 0 Å². The van der Waals surface area contributed by atoms with Crippen LogP contribution in [-0.4, -0.2) is 18.6 Å². The average Bonchev–Trinajstić information content (AvgIpc) is 2.36. The molecule has 2 unspecified atom stereocenters. The quantitative estimate of drug-likeness (QED) is 0.794. The maximum Gasteiger partial charge on any atom is 0.258 e. The molecule has 0 spiro atoms. The number of amides is 1. The van der Waals surface area contributed by atoms with Gasteiger partial charge in [0.05, 0.1) is 0 Å². The molecule has 4 heteroatoms. The van der Waals surface area contributed by atoms with Gasteiger partial charge < -0.3 is 15.8 Å². The van der Waals surface area contributed by atoms with Crippen LogP contribution in [0.5, 0.6) is 5.75 Å². The Labute approximate surface area is 115 Å². The number of aryl methyl sites for hydroxylation is 1. The van der Waals surface area contributed by atoms with E-state index in [4.69, 9.17) is 10.5 Å². The zero-order valence-corrected chi connectivity index (χ0v) is 12.2. The van der Waals surface area contributed by atoms with Gasteiger partial charge in [-0.1, -0.05) is 19.1 Å². The summed E-state index contributed by atoms with van der Waals surface area (Å²) < 4.78 is 5.67. The van der Waals surface area contributed by atoms with Crippen molar-refractivity contribution in [2.45, 2.75) is 46.3 Å². The molecular formula is C15H24N2O2. The number of nitrogens with two attached hydrogens (primary N) is 1. The van der Waals surface area contributed by atoms with Gasteiger partial charge in [-0.3, -0.25) is 4.79 Å². The molecule has 0 aliphatic heterocycles. The number of hydrogen-bond acceptors (Lipinski definition) is 3.